The number of hydrazone groups is 1. The second-order valence-electron chi connectivity index (χ2n) is 6.00. The lowest BCUT2D eigenvalue weighted by atomic mass is 9.97. The molecule has 1 aliphatic heterocycles. The predicted molar refractivity (Wildman–Crippen MR) is 100 cm³/mol. The van der Waals surface area contributed by atoms with E-state index in [1.807, 2.05) is 0 Å². The number of alkyl halides is 3. The number of rotatable bonds is 4. The molecule has 0 aliphatic carbocycles. The van der Waals surface area contributed by atoms with Crippen LogP contribution in [0, 0.1) is 0 Å². The molecule has 9 heteroatoms. The zero-order valence-corrected chi connectivity index (χ0v) is 16.5. The maximum absolute atomic E-state index is 13.2. The van der Waals surface area contributed by atoms with E-state index in [1.165, 1.54) is 14.2 Å². The number of carbonyl (C=O) groups is 1. The molecule has 0 bridgehead atoms. The molecule has 1 atom stereocenters. The van der Waals surface area contributed by atoms with Crippen LogP contribution in [0.4, 0.5) is 13.2 Å². The van der Waals surface area contributed by atoms with Gasteiger partial charge in [-0.1, -0.05) is 40.2 Å². The van der Waals surface area contributed by atoms with Gasteiger partial charge in [0.2, 0.25) is 0 Å². The highest BCUT2D eigenvalue weighted by Crippen LogP contribution is 2.43. The second kappa shape index (κ2) is 7.83. The van der Waals surface area contributed by atoms with Crippen molar-refractivity contribution in [3.63, 3.8) is 0 Å². The average Bonchev–Trinajstić information content (AvgIpc) is 3.11. The number of benzene rings is 2. The van der Waals surface area contributed by atoms with E-state index in [9.17, 15) is 18.0 Å². The summed E-state index contributed by atoms with van der Waals surface area (Å²) in [7, 11) is 2.82. The molecule has 5 nitrogen and oxygen atoms in total. The van der Waals surface area contributed by atoms with E-state index in [2.05, 4.69) is 21.0 Å². The first-order chi connectivity index (χ1) is 13.3. The molecule has 3 rings (SSSR count). The molecule has 148 valence electrons. The first-order valence-corrected chi connectivity index (χ1v) is 9.00. The topological polar surface area (TPSA) is 51.1 Å². The molecule has 2 aromatic carbocycles. The summed E-state index contributed by atoms with van der Waals surface area (Å²) in [6, 6.07) is 10.9. The lowest BCUT2D eigenvalue weighted by Gasteiger charge is -2.25. The molecule has 1 amide bonds. The fourth-order valence-electron chi connectivity index (χ4n) is 3.06. The Morgan fingerprint density at radius 1 is 1.14 bits per heavy atom. The third kappa shape index (κ3) is 3.84. The molecule has 0 saturated carbocycles. The highest BCUT2D eigenvalue weighted by Gasteiger charge is 2.48. The van der Waals surface area contributed by atoms with Gasteiger partial charge in [0.25, 0.3) is 0 Å². The summed E-state index contributed by atoms with van der Waals surface area (Å²) in [5, 5.41) is 4.49. The van der Waals surface area contributed by atoms with E-state index in [0.29, 0.717) is 27.6 Å². The summed E-state index contributed by atoms with van der Waals surface area (Å²) < 4.78 is 50.9. The summed E-state index contributed by atoms with van der Waals surface area (Å²) in [6.07, 6.45) is -4.95. The molecule has 2 aromatic rings. The molecular formula is C19H16BrF3N2O3. The largest absolute Gasteiger partial charge is 0.493 e. The van der Waals surface area contributed by atoms with E-state index in [1.54, 1.807) is 42.5 Å². The highest BCUT2D eigenvalue weighted by molar-refractivity contribution is 9.10. The first-order valence-electron chi connectivity index (χ1n) is 8.21. The van der Waals surface area contributed by atoms with Crippen LogP contribution in [0.2, 0.25) is 0 Å². The van der Waals surface area contributed by atoms with E-state index in [-0.39, 0.29) is 12.2 Å². The molecule has 28 heavy (non-hydrogen) atoms. The Hall–Kier alpha value is -2.55. The molecule has 0 N–H and O–H groups in total. The number of carbonyl (C=O) groups excluding carboxylic acids is 1. The summed E-state index contributed by atoms with van der Waals surface area (Å²) in [4.78, 5) is 12.0. The van der Waals surface area contributed by atoms with Gasteiger partial charge in [0.1, 0.15) is 0 Å². The van der Waals surface area contributed by atoms with Crippen LogP contribution in [0.5, 0.6) is 11.5 Å². The molecule has 0 unspecified atom stereocenters. The van der Waals surface area contributed by atoms with Gasteiger partial charge in [0.15, 0.2) is 11.5 Å². The van der Waals surface area contributed by atoms with Gasteiger partial charge >= 0.3 is 12.1 Å². The van der Waals surface area contributed by atoms with Gasteiger partial charge in [-0.15, -0.1) is 0 Å². The molecule has 1 aliphatic rings. The quantitative estimate of drug-likeness (QED) is 0.669. The van der Waals surface area contributed by atoms with E-state index < -0.39 is 18.1 Å². The number of para-hydroxylation sites is 1. The van der Waals surface area contributed by atoms with Crippen LogP contribution in [0.3, 0.4) is 0 Å². The van der Waals surface area contributed by atoms with Crippen LogP contribution in [-0.4, -0.2) is 37.0 Å². The molecule has 0 saturated heterocycles. The average molecular weight is 457 g/mol. The normalized spacial score (nSPS) is 16.7. The third-order valence-electron chi connectivity index (χ3n) is 4.33. The molecule has 0 spiro atoms. The monoisotopic (exact) mass is 456 g/mol. The molecule has 0 radical (unpaired) electrons. The SMILES string of the molecule is COc1cccc([C@H]2CC(c3ccc(Br)cc3)=NN2C(=O)C(F)(F)F)c1OC. The van der Waals surface area contributed by atoms with Crippen molar-refractivity contribution in [2.75, 3.05) is 14.2 Å². The van der Waals surface area contributed by atoms with Gasteiger partial charge in [-0.2, -0.15) is 18.3 Å². The number of amides is 1. The number of methoxy groups -OCH3 is 2. The van der Waals surface area contributed by atoms with Crippen LogP contribution >= 0.6 is 15.9 Å². The Bertz CT molecular complexity index is 914. The third-order valence-corrected chi connectivity index (χ3v) is 4.86. The standard InChI is InChI=1S/C19H16BrF3N2O3/c1-27-16-5-3-4-13(17(16)28-2)15-10-14(11-6-8-12(20)9-7-11)24-25(15)18(26)19(21,22)23/h3-9,15H,10H2,1-2H3/t15-/m1/s1. The predicted octanol–water partition coefficient (Wildman–Crippen LogP) is 4.71. The highest BCUT2D eigenvalue weighted by atomic mass is 79.9. The smallest absolute Gasteiger partial charge is 0.473 e. The van der Waals surface area contributed by atoms with Crippen molar-refractivity contribution in [2.24, 2.45) is 5.10 Å². The van der Waals surface area contributed by atoms with Crippen molar-refractivity contribution in [3.8, 4) is 11.5 Å². The summed E-state index contributed by atoms with van der Waals surface area (Å²) in [6.45, 7) is 0. The van der Waals surface area contributed by atoms with Crippen LogP contribution in [-0.2, 0) is 4.79 Å². The van der Waals surface area contributed by atoms with Gasteiger partial charge in [0.05, 0.1) is 26.0 Å². The van der Waals surface area contributed by atoms with Gasteiger partial charge in [0, 0.05) is 16.5 Å². The van der Waals surface area contributed by atoms with Crippen LogP contribution in [0.15, 0.2) is 52.0 Å². The number of hydrogen-bond donors (Lipinski definition) is 0. The van der Waals surface area contributed by atoms with Crippen molar-refractivity contribution in [1.29, 1.82) is 0 Å². The van der Waals surface area contributed by atoms with Gasteiger partial charge in [-0.3, -0.25) is 4.79 Å². The molecule has 0 fully saturated rings. The minimum Gasteiger partial charge on any atom is -0.493 e. The van der Waals surface area contributed by atoms with E-state index in [4.69, 9.17) is 9.47 Å². The fraction of sp³-hybridized carbons (Fsp3) is 0.263. The summed E-state index contributed by atoms with van der Waals surface area (Å²) in [5.74, 6) is -1.41. The van der Waals surface area contributed by atoms with Crippen LogP contribution in [0.1, 0.15) is 23.6 Å². The molecule has 0 aromatic heterocycles. The number of halogens is 4. The van der Waals surface area contributed by atoms with Crippen molar-refractivity contribution >= 4 is 27.5 Å². The zero-order chi connectivity index (χ0) is 20.5. The maximum atomic E-state index is 13.2. The van der Waals surface area contributed by atoms with Crippen molar-refractivity contribution in [1.82, 2.24) is 5.01 Å². The Kier molecular flexibility index (Phi) is 5.64. The van der Waals surface area contributed by atoms with Crippen LogP contribution in [0.25, 0.3) is 0 Å². The summed E-state index contributed by atoms with van der Waals surface area (Å²) in [5.41, 5.74) is 1.39. The number of nitrogens with zero attached hydrogens (tertiary/aromatic N) is 2. The molecular weight excluding hydrogens is 441 g/mol. The van der Waals surface area contributed by atoms with E-state index >= 15 is 0 Å². The zero-order valence-electron chi connectivity index (χ0n) is 15.0. The lowest BCUT2D eigenvalue weighted by molar-refractivity contribution is -0.187. The van der Waals surface area contributed by atoms with Crippen molar-refractivity contribution < 1.29 is 27.4 Å². The number of hydrogen-bond acceptors (Lipinski definition) is 4. The Balaban J connectivity index is 2.07. The van der Waals surface area contributed by atoms with E-state index in [0.717, 1.165) is 4.47 Å². The van der Waals surface area contributed by atoms with Crippen LogP contribution < -0.4 is 9.47 Å². The van der Waals surface area contributed by atoms with Gasteiger partial charge < -0.3 is 9.47 Å². The lowest BCUT2D eigenvalue weighted by Crippen LogP contribution is -2.38. The fourth-order valence-corrected chi connectivity index (χ4v) is 3.33. The molecule has 1 heterocycles. The Morgan fingerprint density at radius 3 is 2.39 bits per heavy atom. The first kappa shape index (κ1) is 20.2. The van der Waals surface area contributed by atoms with Gasteiger partial charge in [-0.25, -0.2) is 5.01 Å². The summed E-state index contributed by atoms with van der Waals surface area (Å²) >= 11 is 3.31. The Morgan fingerprint density at radius 2 is 1.82 bits per heavy atom. The number of ether oxygens (including phenoxy) is 2. The minimum absolute atomic E-state index is 0.104. The van der Waals surface area contributed by atoms with Crippen molar-refractivity contribution in [2.45, 2.75) is 18.6 Å². The minimum atomic E-state index is -5.05. The maximum Gasteiger partial charge on any atom is 0.473 e. The second-order valence-corrected chi connectivity index (χ2v) is 6.92. The Labute approximate surface area is 167 Å². The van der Waals surface area contributed by atoms with Crippen molar-refractivity contribution in [3.05, 3.63) is 58.1 Å². The van der Waals surface area contributed by atoms with Gasteiger partial charge in [-0.05, 0) is 23.8 Å².